The summed E-state index contributed by atoms with van der Waals surface area (Å²) in [4.78, 5) is 9.09. The second kappa shape index (κ2) is 15.6. The van der Waals surface area contributed by atoms with Crippen molar-refractivity contribution in [1.82, 2.24) is 10.0 Å². The van der Waals surface area contributed by atoms with E-state index in [0.29, 0.717) is 44.0 Å². The van der Waals surface area contributed by atoms with Gasteiger partial charge in [0.1, 0.15) is 17.2 Å². The predicted octanol–water partition coefficient (Wildman–Crippen LogP) is 5.13. The molecule has 0 atom stereocenters. The third-order valence-corrected chi connectivity index (χ3v) is 8.79. The number of rotatable bonds is 10. The van der Waals surface area contributed by atoms with Crippen LogP contribution in [0.1, 0.15) is 50.3 Å². The molecule has 43 heavy (non-hydrogen) atoms. The summed E-state index contributed by atoms with van der Waals surface area (Å²) in [5.74, 6) is -2.60. The van der Waals surface area contributed by atoms with Crippen molar-refractivity contribution in [3.05, 3.63) is 77.1 Å². The molecule has 2 N–H and O–H groups in total. The van der Waals surface area contributed by atoms with E-state index in [1.165, 1.54) is 0 Å². The van der Waals surface area contributed by atoms with Gasteiger partial charge in [-0.1, -0.05) is 42.5 Å². The minimum Gasteiger partial charge on any atom is -0.462 e. The average molecular weight is 649 g/mol. The van der Waals surface area contributed by atoms with Crippen LogP contribution in [0, 0.1) is 0 Å². The maximum absolute atomic E-state index is 14.4. The fourth-order valence-corrected chi connectivity index (χ4v) is 6.24. The molecular weight excluding hydrogens is 612 g/mol. The van der Waals surface area contributed by atoms with Gasteiger partial charge in [0.15, 0.2) is 9.84 Å². The van der Waals surface area contributed by atoms with Crippen LogP contribution in [-0.2, 0) is 35.6 Å². The van der Waals surface area contributed by atoms with Gasteiger partial charge in [-0.3, -0.25) is 4.79 Å². The summed E-state index contributed by atoms with van der Waals surface area (Å²) in [7, 11) is -8.12. The SMILES string of the molecule is CC(C)(C)OC=O.O=S(=O)(CC=Cc1cc(S(=O)(=O)CC(F)=Cc2ccccc2)ccc1C(F)(F)F)NC1CCNCC1. The molecule has 0 aromatic heterocycles. The van der Waals surface area contributed by atoms with Crippen molar-refractivity contribution in [1.29, 1.82) is 0 Å². The maximum atomic E-state index is 14.4. The summed E-state index contributed by atoms with van der Waals surface area (Å²) < 4.78 is 112. The van der Waals surface area contributed by atoms with Crippen LogP contribution in [0.15, 0.2) is 65.3 Å². The number of hydrogen-bond donors (Lipinski definition) is 2. The summed E-state index contributed by atoms with van der Waals surface area (Å²) in [6.45, 7) is 7.23. The zero-order valence-corrected chi connectivity index (χ0v) is 25.7. The van der Waals surface area contributed by atoms with Crippen LogP contribution in [0.25, 0.3) is 12.2 Å². The quantitative estimate of drug-likeness (QED) is 0.271. The Balaban J connectivity index is 0.000000821. The smallest absolute Gasteiger partial charge is 0.416 e. The van der Waals surface area contributed by atoms with Crippen LogP contribution in [0.3, 0.4) is 0 Å². The number of sulfone groups is 1. The molecule has 1 fully saturated rings. The molecule has 8 nitrogen and oxygen atoms in total. The first-order valence-electron chi connectivity index (χ1n) is 13.3. The standard InChI is InChI=1S/C24H26F4N2O4S2.C5H10O2/c25-20(15-18-5-2-1-3-6-18)17-35(31,32)22-8-9-23(24(26,27)28)19(16-22)7-4-14-36(33,34)30-21-10-12-29-13-11-21;1-5(2,3)7-4-6/h1-9,15-16,21,29-30H,10-14,17H2;4H,1-3H3. The molecule has 0 bridgehead atoms. The van der Waals surface area contributed by atoms with Crippen LogP contribution in [0.4, 0.5) is 17.6 Å². The van der Waals surface area contributed by atoms with Crippen molar-refractivity contribution in [3.63, 3.8) is 0 Å². The molecule has 14 heteroatoms. The lowest BCUT2D eigenvalue weighted by Crippen LogP contribution is -2.43. The molecule has 2 aromatic carbocycles. The highest BCUT2D eigenvalue weighted by Gasteiger charge is 2.33. The highest BCUT2D eigenvalue weighted by molar-refractivity contribution is 7.91. The number of alkyl halides is 3. The van der Waals surface area contributed by atoms with E-state index < -0.39 is 59.4 Å². The highest BCUT2D eigenvalue weighted by atomic mass is 32.2. The Morgan fingerprint density at radius 2 is 1.65 bits per heavy atom. The summed E-state index contributed by atoms with van der Waals surface area (Å²) in [6.07, 6.45) is -0.651. The largest absolute Gasteiger partial charge is 0.462 e. The molecule has 2 aromatic rings. The van der Waals surface area contributed by atoms with E-state index in [1.54, 1.807) is 30.3 Å². The minimum absolute atomic E-state index is 0.261. The van der Waals surface area contributed by atoms with Crippen molar-refractivity contribution >= 4 is 38.5 Å². The molecular formula is C29H36F4N2O6S2. The van der Waals surface area contributed by atoms with Gasteiger partial charge in [0.05, 0.1) is 16.2 Å². The van der Waals surface area contributed by atoms with Gasteiger partial charge in [0.25, 0.3) is 6.47 Å². The summed E-state index contributed by atoms with van der Waals surface area (Å²) in [5, 5.41) is 3.10. The van der Waals surface area contributed by atoms with E-state index in [4.69, 9.17) is 0 Å². The number of sulfonamides is 1. The van der Waals surface area contributed by atoms with Crippen LogP contribution in [0.5, 0.6) is 0 Å². The first-order chi connectivity index (χ1) is 19.9. The molecule has 0 spiro atoms. The molecule has 0 unspecified atom stereocenters. The van der Waals surface area contributed by atoms with E-state index in [0.717, 1.165) is 30.4 Å². The van der Waals surface area contributed by atoms with Crippen LogP contribution in [0.2, 0.25) is 0 Å². The third-order valence-electron chi connectivity index (χ3n) is 5.84. The zero-order valence-electron chi connectivity index (χ0n) is 24.0. The molecule has 3 rings (SSSR count). The minimum atomic E-state index is -4.81. The molecule has 1 saturated heterocycles. The summed E-state index contributed by atoms with van der Waals surface area (Å²) in [5.41, 5.74) is -1.56. The molecule has 0 radical (unpaired) electrons. The van der Waals surface area contributed by atoms with Crippen molar-refractivity contribution in [3.8, 4) is 0 Å². The van der Waals surface area contributed by atoms with Crippen molar-refractivity contribution in [2.75, 3.05) is 24.6 Å². The average Bonchev–Trinajstić information content (AvgIpc) is 2.88. The monoisotopic (exact) mass is 648 g/mol. The topological polar surface area (TPSA) is 119 Å². The second-order valence-electron chi connectivity index (χ2n) is 10.7. The normalized spacial score (nSPS) is 15.6. The van der Waals surface area contributed by atoms with E-state index >= 15 is 0 Å². The molecule has 1 aliphatic heterocycles. The van der Waals surface area contributed by atoms with Gasteiger partial charge < -0.3 is 10.1 Å². The molecule has 1 heterocycles. The highest BCUT2D eigenvalue weighted by Crippen LogP contribution is 2.34. The first kappa shape index (κ1) is 36.1. The van der Waals surface area contributed by atoms with Gasteiger partial charge in [-0.25, -0.2) is 25.9 Å². The molecule has 0 amide bonds. The fourth-order valence-electron chi connectivity index (χ4n) is 3.85. The number of carbonyl (C=O) groups excluding carboxylic acids is 1. The van der Waals surface area contributed by atoms with E-state index in [9.17, 15) is 39.2 Å². The molecule has 1 aliphatic rings. The Hall–Kier alpha value is -3.07. The lowest BCUT2D eigenvalue weighted by molar-refractivity contribution is -0.139. The Morgan fingerprint density at radius 1 is 1.02 bits per heavy atom. The number of hydrogen-bond acceptors (Lipinski definition) is 7. The number of nitrogens with one attached hydrogen (secondary N) is 2. The van der Waals surface area contributed by atoms with Crippen molar-refractivity contribution < 1.29 is 43.9 Å². The van der Waals surface area contributed by atoms with Gasteiger partial charge in [0, 0.05) is 6.04 Å². The van der Waals surface area contributed by atoms with E-state index in [1.807, 2.05) is 20.8 Å². The Kier molecular flexibility index (Phi) is 13.1. The zero-order chi connectivity index (χ0) is 32.3. The maximum Gasteiger partial charge on any atom is 0.416 e. The van der Waals surface area contributed by atoms with Crippen LogP contribution < -0.4 is 10.0 Å². The number of piperidine rings is 1. The molecule has 0 aliphatic carbocycles. The van der Waals surface area contributed by atoms with E-state index in [2.05, 4.69) is 14.8 Å². The fraction of sp³-hybridized carbons (Fsp3) is 0.414. The lowest BCUT2D eigenvalue weighted by atomic mass is 10.1. The van der Waals surface area contributed by atoms with Gasteiger partial charge >= 0.3 is 6.18 Å². The molecule has 238 valence electrons. The van der Waals surface area contributed by atoms with Gasteiger partial charge in [0.2, 0.25) is 10.0 Å². The third kappa shape index (κ3) is 13.4. The second-order valence-corrected chi connectivity index (χ2v) is 14.4. The van der Waals surface area contributed by atoms with Gasteiger partial charge in [-0.2, -0.15) is 13.2 Å². The Labute approximate surface area is 250 Å². The van der Waals surface area contributed by atoms with Crippen LogP contribution >= 0.6 is 0 Å². The summed E-state index contributed by atoms with van der Waals surface area (Å²) in [6, 6.07) is 10.0. The summed E-state index contributed by atoms with van der Waals surface area (Å²) >= 11 is 0. The number of benzene rings is 2. The lowest BCUT2D eigenvalue weighted by Gasteiger charge is -2.23. The van der Waals surface area contributed by atoms with Crippen LogP contribution in [-0.4, -0.2) is 59.5 Å². The Bertz CT molecular complexity index is 1480. The number of ether oxygens (including phenoxy) is 1. The number of halogens is 4. The Morgan fingerprint density at radius 3 is 2.19 bits per heavy atom. The predicted molar refractivity (Wildman–Crippen MR) is 158 cm³/mol. The number of carbonyl (C=O) groups is 1. The van der Waals surface area contributed by atoms with Gasteiger partial charge in [-0.15, -0.1) is 0 Å². The first-order valence-corrected chi connectivity index (χ1v) is 16.6. The van der Waals surface area contributed by atoms with Crippen molar-refractivity contribution in [2.24, 2.45) is 0 Å². The van der Waals surface area contributed by atoms with E-state index in [-0.39, 0.29) is 11.6 Å². The van der Waals surface area contributed by atoms with Gasteiger partial charge in [-0.05, 0) is 82.1 Å². The molecule has 0 saturated carbocycles. The van der Waals surface area contributed by atoms with Crippen molar-refractivity contribution in [2.45, 2.75) is 56.3 Å².